The molecule has 0 aromatic carbocycles. The Morgan fingerprint density at radius 1 is 1.44 bits per heavy atom. The summed E-state index contributed by atoms with van der Waals surface area (Å²) < 4.78 is 5.02. The zero-order chi connectivity index (χ0) is 12.8. The number of rotatable bonds is 5. The molecule has 1 atom stereocenters. The minimum absolute atomic E-state index is 0.484. The molecule has 5 nitrogen and oxygen atoms in total. The SMILES string of the molecule is CSCCC(NC(=O)OC(C)(C)C)C(O)O. The van der Waals surface area contributed by atoms with Crippen LogP contribution in [0.4, 0.5) is 4.79 Å². The van der Waals surface area contributed by atoms with E-state index in [-0.39, 0.29) is 0 Å². The van der Waals surface area contributed by atoms with E-state index in [1.54, 1.807) is 32.5 Å². The molecule has 0 heterocycles. The van der Waals surface area contributed by atoms with Crippen LogP contribution in [0, 0.1) is 0 Å². The first-order valence-electron chi connectivity index (χ1n) is 5.11. The highest BCUT2D eigenvalue weighted by Crippen LogP contribution is 2.08. The smallest absolute Gasteiger partial charge is 0.408 e. The van der Waals surface area contributed by atoms with Gasteiger partial charge in [-0.1, -0.05) is 0 Å². The first kappa shape index (κ1) is 15.5. The Labute approximate surface area is 101 Å². The fraction of sp³-hybridized carbons (Fsp3) is 0.900. The highest BCUT2D eigenvalue weighted by molar-refractivity contribution is 7.98. The Bertz CT molecular complexity index is 215. The third kappa shape index (κ3) is 7.78. The van der Waals surface area contributed by atoms with Gasteiger partial charge in [-0.25, -0.2) is 4.79 Å². The van der Waals surface area contributed by atoms with Crippen molar-refractivity contribution in [2.24, 2.45) is 0 Å². The van der Waals surface area contributed by atoms with Crippen molar-refractivity contribution in [3.8, 4) is 0 Å². The number of amides is 1. The van der Waals surface area contributed by atoms with Gasteiger partial charge in [-0.15, -0.1) is 0 Å². The van der Waals surface area contributed by atoms with Crippen LogP contribution >= 0.6 is 11.8 Å². The number of aliphatic hydroxyl groups excluding tert-OH is 1. The first-order valence-corrected chi connectivity index (χ1v) is 6.50. The molecular formula is C10H21NO4S. The van der Waals surface area contributed by atoms with Gasteiger partial charge in [0.2, 0.25) is 0 Å². The Hall–Kier alpha value is -0.460. The van der Waals surface area contributed by atoms with Crippen LogP contribution in [0.15, 0.2) is 0 Å². The van der Waals surface area contributed by atoms with Crippen molar-refractivity contribution >= 4 is 17.9 Å². The third-order valence-corrected chi connectivity index (χ3v) is 2.34. The highest BCUT2D eigenvalue weighted by atomic mass is 32.2. The van der Waals surface area contributed by atoms with Gasteiger partial charge in [-0.05, 0) is 39.2 Å². The molecule has 3 N–H and O–H groups in total. The summed E-state index contributed by atoms with van der Waals surface area (Å²) >= 11 is 1.57. The van der Waals surface area contributed by atoms with Crippen LogP contribution in [0.3, 0.4) is 0 Å². The van der Waals surface area contributed by atoms with Crippen LogP contribution < -0.4 is 5.32 Å². The molecule has 0 aromatic heterocycles. The molecule has 0 saturated carbocycles. The van der Waals surface area contributed by atoms with Gasteiger partial charge in [0.1, 0.15) is 5.60 Å². The summed E-state index contributed by atoms with van der Waals surface area (Å²) in [5.74, 6) is 0.734. The lowest BCUT2D eigenvalue weighted by atomic mass is 10.2. The lowest BCUT2D eigenvalue weighted by molar-refractivity contribution is -0.0685. The van der Waals surface area contributed by atoms with Crippen LogP contribution in [0.2, 0.25) is 0 Å². The number of hydrogen-bond donors (Lipinski definition) is 3. The zero-order valence-electron chi connectivity index (χ0n) is 10.2. The Kier molecular flexibility index (Phi) is 6.78. The van der Waals surface area contributed by atoms with Gasteiger partial charge in [0.15, 0.2) is 6.29 Å². The van der Waals surface area contributed by atoms with Crippen LogP contribution in [-0.4, -0.2) is 46.2 Å². The molecule has 6 heteroatoms. The molecule has 96 valence electrons. The van der Waals surface area contributed by atoms with Crippen molar-refractivity contribution in [3.63, 3.8) is 0 Å². The molecular weight excluding hydrogens is 230 g/mol. The molecule has 16 heavy (non-hydrogen) atoms. The molecule has 0 spiro atoms. The van der Waals surface area contributed by atoms with E-state index in [4.69, 9.17) is 14.9 Å². The zero-order valence-corrected chi connectivity index (χ0v) is 11.0. The maximum Gasteiger partial charge on any atom is 0.408 e. The second-order valence-electron chi connectivity index (χ2n) is 4.45. The van der Waals surface area contributed by atoms with Crippen molar-refractivity contribution in [1.29, 1.82) is 0 Å². The van der Waals surface area contributed by atoms with Crippen LogP contribution in [0.5, 0.6) is 0 Å². The van der Waals surface area contributed by atoms with Crippen LogP contribution in [0.25, 0.3) is 0 Å². The molecule has 0 bridgehead atoms. The normalized spacial score (nSPS) is 13.7. The fourth-order valence-corrected chi connectivity index (χ4v) is 1.49. The molecule has 0 aliphatic heterocycles. The minimum atomic E-state index is -1.57. The monoisotopic (exact) mass is 251 g/mol. The van der Waals surface area contributed by atoms with Crippen molar-refractivity contribution in [2.75, 3.05) is 12.0 Å². The van der Waals surface area contributed by atoms with Gasteiger partial charge >= 0.3 is 6.09 Å². The molecule has 0 aliphatic carbocycles. The fourth-order valence-electron chi connectivity index (χ4n) is 1.000. The third-order valence-electron chi connectivity index (χ3n) is 1.69. The lowest BCUT2D eigenvalue weighted by Gasteiger charge is -2.24. The van der Waals surface area contributed by atoms with Crippen LogP contribution in [0.1, 0.15) is 27.2 Å². The van der Waals surface area contributed by atoms with E-state index in [0.29, 0.717) is 6.42 Å². The number of aliphatic hydroxyl groups is 2. The molecule has 1 amide bonds. The van der Waals surface area contributed by atoms with Gasteiger partial charge in [0.05, 0.1) is 6.04 Å². The van der Waals surface area contributed by atoms with E-state index in [0.717, 1.165) is 5.75 Å². The van der Waals surface area contributed by atoms with E-state index >= 15 is 0 Å². The number of ether oxygens (including phenoxy) is 1. The average molecular weight is 251 g/mol. The second kappa shape index (κ2) is 6.98. The molecule has 1 unspecified atom stereocenters. The van der Waals surface area contributed by atoms with Gasteiger partial charge < -0.3 is 20.3 Å². The first-order chi connectivity index (χ1) is 7.26. The predicted molar refractivity (Wildman–Crippen MR) is 64.4 cm³/mol. The Morgan fingerprint density at radius 3 is 2.38 bits per heavy atom. The lowest BCUT2D eigenvalue weighted by Crippen LogP contribution is -2.45. The maximum atomic E-state index is 11.4. The van der Waals surface area contributed by atoms with Crippen LogP contribution in [-0.2, 0) is 4.74 Å². The van der Waals surface area contributed by atoms with E-state index in [1.807, 2.05) is 6.26 Å². The molecule has 0 saturated heterocycles. The van der Waals surface area contributed by atoms with Crippen molar-refractivity contribution in [2.45, 2.75) is 45.1 Å². The van der Waals surface area contributed by atoms with Crippen molar-refractivity contribution in [3.05, 3.63) is 0 Å². The number of carbonyl (C=O) groups is 1. The minimum Gasteiger partial charge on any atom is -0.444 e. The molecule has 0 aromatic rings. The van der Waals surface area contributed by atoms with Gasteiger partial charge in [-0.2, -0.15) is 11.8 Å². The number of alkyl carbamates (subject to hydrolysis) is 1. The van der Waals surface area contributed by atoms with Gasteiger partial charge in [0.25, 0.3) is 0 Å². The number of hydrogen-bond acceptors (Lipinski definition) is 5. The predicted octanol–water partition coefficient (Wildman–Crippen LogP) is 0.943. The summed E-state index contributed by atoms with van der Waals surface area (Å²) in [5, 5.41) is 20.6. The maximum absolute atomic E-state index is 11.4. The molecule has 0 fully saturated rings. The van der Waals surface area contributed by atoms with E-state index in [9.17, 15) is 4.79 Å². The highest BCUT2D eigenvalue weighted by Gasteiger charge is 2.22. The molecule has 0 radical (unpaired) electrons. The second-order valence-corrected chi connectivity index (χ2v) is 5.43. The number of thioether (sulfide) groups is 1. The van der Waals surface area contributed by atoms with Crippen molar-refractivity contribution < 1.29 is 19.7 Å². The summed E-state index contributed by atoms with van der Waals surface area (Å²) in [6.45, 7) is 5.25. The summed E-state index contributed by atoms with van der Waals surface area (Å²) in [6, 6.07) is -0.692. The average Bonchev–Trinajstić information content (AvgIpc) is 2.08. The molecule has 0 rings (SSSR count). The van der Waals surface area contributed by atoms with Crippen molar-refractivity contribution in [1.82, 2.24) is 5.32 Å². The quantitative estimate of drug-likeness (QED) is 0.634. The standard InChI is InChI=1S/C10H21NO4S/c1-10(2,3)15-9(14)11-7(8(12)13)5-6-16-4/h7-8,12-13H,5-6H2,1-4H3,(H,11,14). The topological polar surface area (TPSA) is 78.8 Å². The Morgan fingerprint density at radius 2 is 2.00 bits per heavy atom. The van der Waals surface area contributed by atoms with Gasteiger partial charge in [0, 0.05) is 0 Å². The summed E-state index contributed by atoms with van der Waals surface area (Å²) in [7, 11) is 0. The summed E-state index contributed by atoms with van der Waals surface area (Å²) in [5.41, 5.74) is -0.589. The van der Waals surface area contributed by atoms with E-state index in [2.05, 4.69) is 5.32 Å². The largest absolute Gasteiger partial charge is 0.444 e. The number of nitrogens with one attached hydrogen (secondary N) is 1. The summed E-state index contributed by atoms with van der Waals surface area (Å²) in [4.78, 5) is 11.4. The van der Waals surface area contributed by atoms with E-state index in [1.165, 1.54) is 0 Å². The number of carbonyl (C=O) groups excluding carboxylic acids is 1. The van der Waals surface area contributed by atoms with Gasteiger partial charge in [-0.3, -0.25) is 0 Å². The summed E-state index contributed by atoms with van der Waals surface area (Å²) in [6.07, 6.45) is 0.193. The molecule has 0 aliphatic rings. The Balaban J connectivity index is 4.13. The van der Waals surface area contributed by atoms with E-state index < -0.39 is 24.0 Å².